The first-order valence-electron chi connectivity index (χ1n) is 10.3. The second kappa shape index (κ2) is 11.5. The molecule has 0 saturated heterocycles. The summed E-state index contributed by atoms with van der Waals surface area (Å²) in [6.07, 6.45) is 12.7. The van der Waals surface area contributed by atoms with E-state index >= 15 is 0 Å². The minimum Gasteiger partial charge on any atom is -0.389 e. The van der Waals surface area contributed by atoms with Gasteiger partial charge in [0, 0.05) is 12.8 Å². The highest BCUT2D eigenvalue weighted by Gasteiger charge is 2.27. The van der Waals surface area contributed by atoms with Crippen LogP contribution in [0.15, 0.2) is 35.5 Å². The second-order valence-corrected chi connectivity index (χ2v) is 8.47. The van der Waals surface area contributed by atoms with Crippen molar-refractivity contribution in [1.29, 1.82) is 0 Å². The van der Waals surface area contributed by atoms with E-state index in [2.05, 4.69) is 45.3 Å². The van der Waals surface area contributed by atoms with Gasteiger partial charge in [-0.1, -0.05) is 56.2 Å². The minimum atomic E-state index is -0.761. The van der Waals surface area contributed by atoms with Crippen LogP contribution in [0.4, 0.5) is 0 Å². The average molecular weight is 378 g/mol. The van der Waals surface area contributed by atoms with Crippen molar-refractivity contribution in [3.8, 4) is 0 Å². The molecular weight excluding hydrogens is 338 g/mol. The van der Waals surface area contributed by atoms with Crippen molar-refractivity contribution >= 4 is 5.91 Å². The molecule has 0 bridgehead atoms. The molecule has 4 nitrogen and oxygen atoms in total. The van der Waals surface area contributed by atoms with Crippen LogP contribution in [-0.4, -0.2) is 22.7 Å². The summed E-state index contributed by atoms with van der Waals surface area (Å²) in [4.78, 5) is 17.4. The lowest BCUT2D eigenvalue weighted by atomic mass is 9.86. The molecule has 3 atom stereocenters. The van der Waals surface area contributed by atoms with Crippen LogP contribution in [0.3, 0.4) is 0 Å². The Balaban J connectivity index is 3.10. The van der Waals surface area contributed by atoms with E-state index in [-0.39, 0.29) is 5.91 Å². The molecule has 0 radical (unpaired) electrons. The molecule has 0 heterocycles. The maximum atomic E-state index is 11.7. The van der Waals surface area contributed by atoms with Crippen LogP contribution in [0, 0.1) is 11.8 Å². The zero-order chi connectivity index (χ0) is 20.4. The first-order valence-corrected chi connectivity index (χ1v) is 10.3. The van der Waals surface area contributed by atoms with Crippen LogP contribution >= 0.6 is 0 Å². The summed E-state index contributed by atoms with van der Waals surface area (Å²) in [6.45, 7) is 12.4. The van der Waals surface area contributed by atoms with Gasteiger partial charge >= 0.3 is 0 Å². The first-order chi connectivity index (χ1) is 12.6. The summed E-state index contributed by atoms with van der Waals surface area (Å²) in [7, 11) is 0. The predicted octanol–water partition coefficient (Wildman–Crippen LogP) is 5.25. The number of aliphatic hydroxyl groups is 1. The lowest BCUT2D eigenvalue weighted by molar-refractivity contribution is -0.146. The van der Waals surface area contributed by atoms with Crippen molar-refractivity contribution in [3.05, 3.63) is 35.5 Å². The molecule has 0 spiro atoms. The molecule has 0 unspecified atom stereocenters. The lowest BCUT2D eigenvalue weighted by Gasteiger charge is -2.29. The second-order valence-electron chi connectivity index (χ2n) is 8.47. The van der Waals surface area contributed by atoms with Gasteiger partial charge in [0.1, 0.15) is 5.60 Å². The van der Waals surface area contributed by atoms with Gasteiger partial charge in [-0.25, -0.2) is 5.48 Å². The Kier molecular flexibility index (Phi) is 10.0. The molecule has 0 saturated carbocycles. The smallest absolute Gasteiger partial charge is 0.243 e. The molecule has 0 fully saturated rings. The quantitative estimate of drug-likeness (QED) is 0.520. The van der Waals surface area contributed by atoms with E-state index in [1.54, 1.807) is 6.92 Å². The number of hydroxylamine groups is 1. The molecule has 4 heteroatoms. The van der Waals surface area contributed by atoms with E-state index in [0.717, 1.165) is 25.7 Å². The number of hydrogen-bond donors (Lipinski definition) is 2. The molecule has 2 N–H and O–H groups in total. The van der Waals surface area contributed by atoms with Crippen LogP contribution < -0.4 is 5.48 Å². The van der Waals surface area contributed by atoms with Gasteiger partial charge in [0.15, 0.2) is 0 Å². The Bertz CT molecular complexity index is 562. The van der Waals surface area contributed by atoms with Gasteiger partial charge in [-0.2, -0.15) is 0 Å². The van der Waals surface area contributed by atoms with E-state index in [4.69, 9.17) is 4.84 Å². The van der Waals surface area contributed by atoms with E-state index in [9.17, 15) is 9.90 Å². The van der Waals surface area contributed by atoms with Crippen LogP contribution in [-0.2, 0) is 9.63 Å². The van der Waals surface area contributed by atoms with E-state index < -0.39 is 11.7 Å². The van der Waals surface area contributed by atoms with E-state index in [1.807, 2.05) is 19.1 Å². The number of nitrogens with one attached hydrogen (secondary N) is 1. The number of carbonyl (C=O) groups is 1. The average Bonchev–Trinajstić information content (AvgIpc) is 2.58. The largest absolute Gasteiger partial charge is 0.389 e. The first kappa shape index (κ1) is 23.6. The number of amides is 1. The van der Waals surface area contributed by atoms with Gasteiger partial charge in [0.05, 0.1) is 6.10 Å². The molecule has 1 amide bonds. The van der Waals surface area contributed by atoms with E-state index in [1.165, 1.54) is 11.1 Å². The van der Waals surface area contributed by atoms with Gasteiger partial charge in [-0.15, -0.1) is 0 Å². The Morgan fingerprint density at radius 1 is 1.33 bits per heavy atom. The van der Waals surface area contributed by atoms with Crippen molar-refractivity contribution in [3.63, 3.8) is 0 Å². The molecule has 0 aromatic carbocycles. The van der Waals surface area contributed by atoms with Gasteiger partial charge < -0.3 is 5.11 Å². The summed E-state index contributed by atoms with van der Waals surface area (Å²) in [6, 6.07) is 0. The summed E-state index contributed by atoms with van der Waals surface area (Å²) in [5.41, 5.74) is 4.37. The van der Waals surface area contributed by atoms with Crippen molar-refractivity contribution in [2.45, 2.75) is 91.8 Å². The Morgan fingerprint density at radius 3 is 2.67 bits per heavy atom. The normalized spacial score (nSPS) is 33.3. The molecule has 27 heavy (non-hydrogen) atoms. The number of rotatable bonds is 4. The topological polar surface area (TPSA) is 58.6 Å². The monoisotopic (exact) mass is 377 g/mol. The highest BCUT2D eigenvalue weighted by Crippen LogP contribution is 2.27. The van der Waals surface area contributed by atoms with Gasteiger partial charge in [0.25, 0.3) is 0 Å². The molecule has 1 rings (SSSR count). The summed E-state index contributed by atoms with van der Waals surface area (Å²) in [5.74, 6) is 0.783. The molecule has 1 aliphatic rings. The third kappa shape index (κ3) is 9.39. The number of hydrogen-bond acceptors (Lipinski definition) is 3. The molecule has 154 valence electrons. The highest BCUT2D eigenvalue weighted by atomic mass is 16.7. The third-order valence-electron chi connectivity index (χ3n) is 5.27. The number of allylic oxidation sites excluding steroid dienone is 4. The Hall–Kier alpha value is -1.39. The van der Waals surface area contributed by atoms with Gasteiger partial charge in [-0.3, -0.25) is 9.63 Å². The molecule has 1 aliphatic carbocycles. The van der Waals surface area contributed by atoms with Crippen LogP contribution in [0.5, 0.6) is 0 Å². The fourth-order valence-corrected chi connectivity index (χ4v) is 3.30. The number of aliphatic hydroxyl groups excluding tert-OH is 1. The third-order valence-corrected chi connectivity index (χ3v) is 5.27. The Morgan fingerprint density at radius 2 is 2.04 bits per heavy atom. The van der Waals surface area contributed by atoms with E-state index in [0.29, 0.717) is 24.7 Å². The lowest BCUT2D eigenvalue weighted by Crippen LogP contribution is -2.39. The zero-order valence-electron chi connectivity index (χ0n) is 18.0. The van der Waals surface area contributed by atoms with Crippen LogP contribution in [0.1, 0.15) is 80.1 Å². The fourth-order valence-electron chi connectivity index (χ4n) is 3.30. The molecular formula is C23H39NO3. The summed E-state index contributed by atoms with van der Waals surface area (Å²) < 4.78 is 0. The molecule has 0 aromatic heterocycles. The number of carbonyl (C=O) groups excluding carboxylic acids is 1. The van der Waals surface area contributed by atoms with Crippen molar-refractivity contribution in [1.82, 2.24) is 5.48 Å². The van der Waals surface area contributed by atoms with Crippen LogP contribution in [0.2, 0.25) is 0 Å². The fraction of sp³-hybridized carbons (Fsp3) is 0.696. The van der Waals surface area contributed by atoms with Crippen molar-refractivity contribution in [2.24, 2.45) is 11.8 Å². The SMILES string of the molecule is CCC(=O)NO[C@@]1(C)/C=C/[C@H](C(C)C)CC/C(C)=C/CC/C(C)=C/[C@H](O)C1. The predicted molar refractivity (Wildman–Crippen MR) is 112 cm³/mol. The van der Waals surface area contributed by atoms with Crippen molar-refractivity contribution in [2.75, 3.05) is 0 Å². The standard InChI is InChI=1S/C23H39NO3/c1-7-22(26)24-27-23(6)14-13-20(17(2)3)12-11-18(4)9-8-10-19(5)15-21(25)16-23/h9,13-15,17,20-21,25H,7-8,10-12,16H2,1-6H3,(H,24,26)/b14-13+,18-9+,19-15+/t20-,21+,23+/m1/s1. The highest BCUT2D eigenvalue weighted by molar-refractivity contribution is 5.74. The van der Waals surface area contributed by atoms with Gasteiger partial charge in [-0.05, 0) is 58.3 Å². The minimum absolute atomic E-state index is 0.161. The zero-order valence-corrected chi connectivity index (χ0v) is 18.0. The van der Waals surface area contributed by atoms with Crippen LogP contribution in [0.25, 0.3) is 0 Å². The summed E-state index contributed by atoms with van der Waals surface area (Å²) in [5, 5.41) is 10.6. The maximum Gasteiger partial charge on any atom is 0.243 e. The van der Waals surface area contributed by atoms with Gasteiger partial charge in [0.2, 0.25) is 5.91 Å². The Labute approximate surface area is 165 Å². The van der Waals surface area contributed by atoms with Crippen molar-refractivity contribution < 1.29 is 14.7 Å². The summed E-state index contributed by atoms with van der Waals surface area (Å²) >= 11 is 0. The molecule has 0 aliphatic heterocycles. The maximum absolute atomic E-state index is 11.7. The molecule has 0 aromatic rings.